The number of methoxy groups -OCH3 is 3. The van der Waals surface area contributed by atoms with E-state index in [-0.39, 0.29) is 37.7 Å². The van der Waals surface area contributed by atoms with Crippen LogP contribution < -0.4 is 0 Å². The van der Waals surface area contributed by atoms with E-state index in [9.17, 15) is 14.4 Å². The summed E-state index contributed by atoms with van der Waals surface area (Å²) in [5.41, 5.74) is 11.3. The molecule has 0 unspecified atom stereocenters. The number of carbonyl (C=O) groups is 3. The van der Waals surface area contributed by atoms with E-state index in [1.165, 1.54) is 0 Å². The summed E-state index contributed by atoms with van der Waals surface area (Å²) in [5, 5.41) is 7.00. The standard InChI is InChI=1S/3C13H8O.C5H12O4.C4H10O2.CH4O/c3*14-13-11-7-3-1-5-9(11)10-6-2-4-8-12(10)13;1-6-3-8-5-9-4-7-2;1-3-6-4-5-2;1-2/h3*1-8H;3-5H2,1-2H3;3-4H2,1-2H3;2H,1H3. The number of benzene rings is 6. The van der Waals surface area contributed by atoms with Gasteiger partial charge in [-0.05, 0) is 40.3 Å². The van der Waals surface area contributed by atoms with Crippen LogP contribution in [0.25, 0.3) is 33.4 Å². The minimum atomic E-state index is 0.149. The zero-order chi connectivity index (χ0) is 42.4. The van der Waals surface area contributed by atoms with Gasteiger partial charge in [-0.25, -0.2) is 0 Å². The maximum Gasteiger partial charge on any atom is 0.194 e. The van der Waals surface area contributed by atoms with Crippen LogP contribution in [0.4, 0.5) is 0 Å². The van der Waals surface area contributed by atoms with Gasteiger partial charge in [-0.3, -0.25) is 14.4 Å². The smallest absolute Gasteiger partial charge is 0.194 e. The van der Waals surface area contributed by atoms with Crippen LogP contribution in [-0.2, 0) is 28.4 Å². The van der Waals surface area contributed by atoms with Crippen molar-refractivity contribution in [2.45, 2.75) is 6.92 Å². The first kappa shape index (κ1) is 45.7. The second-order valence-electron chi connectivity index (χ2n) is 12.5. The molecule has 0 fully saturated rings. The molecule has 1 N–H and O–H groups in total. The quantitative estimate of drug-likeness (QED) is 0.112. The molecular formula is C49H50O10. The molecule has 3 aliphatic rings. The molecule has 0 heterocycles. The van der Waals surface area contributed by atoms with E-state index in [1.807, 2.05) is 153 Å². The molecule has 59 heavy (non-hydrogen) atoms. The number of ether oxygens (including phenoxy) is 6. The predicted octanol–water partition coefficient (Wildman–Crippen LogP) is 9.11. The van der Waals surface area contributed by atoms with Crippen molar-refractivity contribution in [2.24, 2.45) is 0 Å². The Morgan fingerprint density at radius 2 is 0.508 bits per heavy atom. The van der Waals surface area contributed by atoms with Gasteiger partial charge in [-0.15, -0.1) is 0 Å². The first-order chi connectivity index (χ1) is 29.0. The van der Waals surface area contributed by atoms with Crippen molar-refractivity contribution >= 4 is 17.3 Å². The van der Waals surface area contributed by atoms with Crippen molar-refractivity contribution < 1.29 is 47.9 Å². The van der Waals surface area contributed by atoms with E-state index >= 15 is 0 Å². The van der Waals surface area contributed by atoms with E-state index in [0.29, 0.717) is 6.79 Å². The fourth-order valence-corrected chi connectivity index (χ4v) is 6.39. The highest BCUT2D eigenvalue weighted by atomic mass is 16.8. The summed E-state index contributed by atoms with van der Waals surface area (Å²) in [5.74, 6) is 0.448. The van der Waals surface area contributed by atoms with E-state index < -0.39 is 0 Å². The zero-order valence-corrected chi connectivity index (χ0v) is 34.0. The normalized spacial score (nSPS) is 11.4. The molecule has 0 atom stereocenters. The number of aliphatic hydroxyl groups is 1. The summed E-state index contributed by atoms with van der Waals surface area (Å²) in [6.07, 6.45) is 0. The minimum absolute atomic E-state index is 0.149. The highest BCUT2D eigenvalue weighted by Gasteiger charge is 2.27. The molecule has 0 aromatic heterocycles. The molecule has 306 valence electrons. The monoisotopic (exact) mass is 798 g/mol. The molecule has 9 rings (SSSR count). The Morgan fingerprint density at radius 1 is 0.322 bits per heavy atom. The fraction of sp³-hybridized carbons (Fsp3) is 0.204. The fourth-order valence-electron chi connectivity index (χ4n) is 6.39. The molecule has 0 aliphatic heterocycles. The maximum atomic E-state index is 11.9. The molecule has 10 nitrogen and oxygen atoms in total. The van der Waals surface area contributed by atoms with E-state index in [2.05, 4.69) is 14.2 Å². The summed E-state index contributed by atoms with van der Waals surface area (Å²) < 4.78 is 28.0. The van der Waals surface area contributed by atoms with Gasteiger partial charge in [0.2, 0.25) is 0 Å². The van der Waals surface area contributed by atoms with Gasteiger partial charge in [-0.2, -0.15) is 0 Å². The molecule has 0 bridgehead atoms. The third-order valence-corrected chi connectivity index (χ3v) is 8.88. The van der Waals surface area contributed by atoms with Gasteiger partial charge in [-0.1, -0.05) is 146 Å². The highest BCUT2D eigenvalue weighted by molar-refractivity contribution is 6.23. The number of hydrogen-bond acceptors (Lipinski definition) is 10. The number of hydrogen-bond donors (Lipinski definition) is 1. The lowest BCUT2D eigenvalue weighted by molar-refractivity contribution is -0.157. The van der Waals surface area contributed by atoms with Crippen molar-refractivity contribution in [3.63, 3.8) is 0 Å². The van der Waals surface area contributed by atoms with Crippen molar-refractivity contribution in [3.05, 3.63) is 179 Å². The Hall–Kier alpha value is -5.95. The summed E-state index contributed by atoms with van der Waals surface area (Å²) in [6, 6.07) is 46.5. The van der Waals surface area contributed by atoms with Crippen LogP contribution in [-0.4, -0.2) is 84.7 Å². The van der Waals surface area contributed by atoms with Gasteiger partial charge in [0, 0.05) is 68.4 Å². The molecule has 0 saturated carbocycles. The van der Waals surface area contributed by atoms with Crippen molar-refractivity contribution in [2.75, 3.05) is 62.2 Å². The number of fused-ring (bicyclic) bond motifs is 9. The number of aliphatic hydroxyl groups excluding tert-OH is 1. The first-order valence-corrected chi connectivity index (χ1v) is 18.8. The SMILES string of the molecule is CCOCOC.CO.COCOCOCOC.O=C1c2ccccc2-c2ccccc21.O=C1c2ccccc2-c2ccccc21.O=C1c2ccccc2-c2ccccc21. The Balaban J connectivity index is 0.000000166. The summed E-state index contributed by atoms with van der Waals surface area (Å²) in [7, 11) is 5.71. The number of ketones is 3. The molecule has 3 aliphatic carbocycles. The minimum Gasteiger partial charge on any atom is -0.400 e. The number of rotatable bonds is 9. The van der Waals surface area contributed by atoms with E-state index in [4.69, 9.17) is 19.3 Å². The van der Waals surface area contributed by atoms with E-state index in [0.717, 1.165) is 80.5 Å². The van der Waals surface area contributed by atoms with Gasteiger partial charge < -0.3 is 33.5 Å². The third kappa shape index (κ3) is 11.8. The van der Waals surface area contributed by atoms with Crippen LogP contribution >= 0.6 is 0 Å². The summed E-state index contributed by atoms with van der Waals surface area (Å²) >= 11 is 0. The average Bonchev–Trinajstić information content (AvgIpc) is 3.88. The Morgan fingerprint density at radius 3 is 0.678 bits per heavy atom. The van der Waals surface area contributed by atoms with Crippen LogP contribution in [0.2, 0.25) is 0 Å². The first-order valence-electron chi connectivity index (χ1n) is 18.8. The van der Waals surface area contributed by atoms with Gasteiger partial charge in [0.1, 0.15) is 20.4 Å². The summed E-state index contributed by atoms with van der Waals surface area (Å²) in [4.78, 5) is 35.7. The summed E-state index contributed by atoms with van der Waals surface area (Å²) in [6.45, 7) is 3.79. The van der Waals surface area contributed by atoms with Crippen LogP contribution in [0.1, 0.15) is 54.7 Å². The predicted molar refractivity (Wildman–Crippen MR) is 228 cm³/mol. The Labute approximate surface area is 345 Å². The Bertz CT molecular complexity index is 1880. The van der Waals surface area contributed by atoms with Gasteiger partial charge >= 0.3 is 0 Å². The molecule has 0 saturated heterocycles. The van der Waals surface area contributed by atoms with Crippen molar-refractivity contribution in [1.82, 2.24) is 0 Å². The third-order valence-electron chi connectivity index (χ3n) is 8.88. The highest BCUT2D eigenvalue weighted by Crippen LogP contribution is 2.37. The lowest BCUT2D eigenvalue weighted by Crippen LogP contribution is -2.04. The van der Waals surface area contributed by atoms with Crippen LogP contribution in [0.5, 0.6) is 0 Å². The van der Waals surface area contributed by atoms with Gasteiger partial charge in [0.25, 0.3) is 0 Å². The second kappa shape index (κ2) is 24.7. The van der Waals surface area contributed by atoms with Crippen molar-refractivity contribution in [1.29, 1.82) is 0 Å². The second-order valence-corrected chi connectivity index (χ2v) is 12.5. The molecule has 0 spiro atoms. The van der Waals surface area contributed by atoms with Gasteiger partial charge in [0.15, 0.2) is 24.1 Å². The topological polar surface area (TPSA) is 127 Å². The molecule has 10 heteroatoms. The molecular weight excluding hydrogens is 749 g/mol. The molecule has 6 aromatic carbocycles. The molecule has 0 amide bonds. The molecule has 0 radical (unpaired) electrons. The van der Waals surface area contributed by atoms with E-state index in [1.54, 1.807) is 21.3 Å². The molecule has 6 aromatic rings. The van der Waals surface area contributed by atoms with Crippen LogP contribution in [0.3, 0.4) is 0 Å². The lowest BCUT2D eigenvalue weighted by Gasteiger charge is -2.01. The zero-order valence-electron chi connectivity index (χ0n) is 34.0. The lowest BCUT2D eigenvalue weighted by atomic mass is 10.1. The van der Waals surface area contributed by atoms with Crippen molar-refractivity contribution in [3.8, 4) is 33.4 Å². The van der Waals surface area contributed by atoms with Gasteiger partial charge in [0.05, 0.1) is 0 Å². The van der Waals surface area contributed by atoms with Crippen LogP contribution in [0.15, 0.2) is 146 Å². The average molecular weight is 799 g/mol. The Kier molecular flexibility index (Phi) is 19.2. The number of carbonyl (C=O) groups excluding carboxylic acids is 3. The largest absolute Gasteiger partial charge is 0.400 e. The van der Waals surface area contributed by atoms with Crippen LogP contribution in [0, 0.1) is 0 Å². The maximum absolute atomic E-state index is 11.9.